The van der Waals surface area contributed by atoms with Crippen molar-refractivity contribution in [2.45, 2.75) is 44.8 Å². The second-order valence-electron chi connectivity index (χ2n) is 5.33. The van der Waals surface area contributed by atoms with Crippen LogP contribution in [0.2, 0.25) is 0 Å². The summed E-state index contributed by atoms with van der Waals surface area (Å²) in [7, 11) is 0. The van der Waals surface area contributed by atoms with Gasteiger partial charge in [0.1, 0.15) is 0 Å². The number of nitrogens with zero attached hydrogens (tertiary/aromatic N) is 3. The third-order valence-electron chi connectivity index (χ3n) is 3.99. The molecule has 0 aliphatic carbocycles. The summed E-state index contributed by atoms with van der Waals surface area (Å²) in [4.78, 5) is 6.76. The maximum Gasteiger partial charge on any atom is 0.241 e. The van der Waals surface area contributed by atoms with Gasteiger partial charge >= 0.3 is 0 Å². The molecule has 2 unspecified atom stereocenters. The van der Waals surface area contributed by atoms with Crippen LogP contribution in [0.5, 0.6) is 0 Å². The molecule has 1 aliphatic heterocycles. The minimum atomic E-state index is 0.401. The summed E-state index contributed by atoms with van der Waals surface area (Å²) in [5.41, 5.74) is 5.87. The summed E-state index contributed by atoms with van der Waals surface area (Å²) in [6.07, 6.45) is 5.17. The fourth-order valence-electron chi connectivity index (χ4n) is 2.86. The molecule has 3 rings (SSSR count). The summed E-state index contributed by atoms with van der Waals surface area (Å²) >= 11 is 0. The lowest BCUT2D eigenvalue weighted by Crippen LogP contribution is -2.48. The molecule has 2 aromatic heterocycles. The van der Waals surface area contributed by atoms with Crippen LogP contribution in [0.4, 0.5) is 0 Å². The molecule has 2 atom stereocenters. The highest BCUT2D eigenvalue weighted by Crippen LogP contribution is 2.24. The summed E-state index contributed by atoms with van der Waals surface area (Å²) in [5, 5.41) is 3.96. The van der Waals surface area contributed by atoms with Gasteiger partial charge in [-0.3, -0.25) is 4.90 Å². The van der Waals surface area contributed by atoms with Crippen LogP contribution in [0.1, 0.15) is 32.1 Å². The normalized spacial score (nSPS) is 24.1. The van der Waals surface area contributed by atoms with Gasteiger partial charge in [0.2, 0.25) is 11.7 Å². The average Bonchev–Trinajstić information content (AvgIpc) is 3.11. The molecule has 0 spiro atoms. The zero-order chi connectivity index (χ0) is 13.9. The Morgan fingerprint density at radius 2 is 2.35 bits per heavy atom. The van der Waals surface area contributed by atoms with Crippen molar-refractivity contribution < 1.29 is 8.94 Å². The Hall–Kier alpha value is -1.66. The van der Waals surface area contributed by atoms with Crippen LogP contribution in [0.15, 0.2) is 27.3 Å². The lowest BCUT2D eigenvalue weighted by Gasteiger charge is -2.39. The van der Waals surface area contributed by atoms with Crippen molar-refractivity contribution in [3.05, 3.63) is 24.3 Å². The minimum Gasteiger partial charge on any atom is -0.461 e. The van der Waals surface area contributed by atoms with Crippen LogP contribution < -0.4 is 5.73 Å². The first-order chi connectivity index (χ1) is 9.78. The van der Waals surface area contributed by atoms with Crippen molar-refractivity contribution in [1.82, 2.24) is 15.0 Å². The third kappa shape index (κ3) is 2.62. The molecule has 2 N–H and O–H groups in total. The van der Waals surface area contributed by atoms with E-state index < -0.39 is 0 Å². The molecule has 3 heterocycles. The van der Waals surface area contributed by atoms with Gasteiger partial charge in [-0.2, -0.15) is 4.98 Å². The van der Waals surface area contributed by atoms with E-state index in [4.69, 9.17) is 14.7 Å². The molecule has 0 amide bonds. The highest BCUT2D eigenvalue weighted by atomic mass is 16.5. The zero-order valence-electron chi connectivity index (χ0n) is 11.7. The molecule has 1 aliphatic rings. The average molecular weight is 276 g/mol. The van der Waals surface area contributed by atoms with Gasteiger partial charge in [-0.05, 0) is 31.9 Å². The van der Waals surface area contributed by atoms with E-state index in [1.807, 2.05) is 12.1 Å². The van der Waals surface area contributed by atoms with Crippen molar-refractivity contribution in [2.24, 2.45) is 5.73 Å². The molecular weight excluding hydrogens is 256 g/mol. The van der Waals surface area contributed by atoms with E-state index in [0.717, 1.165) is 6.42 Å². The molecule has 0 radical (unpaired) electrons. The molecule has 1 fully saturated rings. The van der Waals surface area contributed by atoms with E-state index in [-0.39, 0.29) is 0 Å². The van der Waals surface area contributed by atoms with Crippen LogP contribution in [0, 0.1) is 0 Å². The molecule has 6 nitrogen and oxygen atoms in total. The largest absolute Gasteiger partial charge is 0.461 e. The Balaban J connectivity index is 1.73. The number of likely N-dealkylation sites (tertiary alicyclic amines) is 1. The first-order valence-electron chi connectivity index (χ1n) is 7.10. The SMILES string of the molecule is CC1CCCC(CN)N1Cc1nc(-c2ccco2)no1. The first kappa shape index (κ1) is 13.3. The van der Waals surface area contributed by atoms with Crippen molar-refractivity contribution in [3.63, 3.8) is 0 Å². The zero-order valence-corrected chi connectivity index (χ0v) is 11.7. The van der Waals surface area contributed by atoms with E-state index in [1.54, 1.807) is 6.26 Å². The van der Waals surface area contributed by atoms with E-state index in [9.17, 15) is 0 Å². The van der Waals surface area contributed by atoms with Gasteiger partial charge in [-0.1, -0.05) is 11.6 Å². The molecule has 1 saturated heterocycles. The second-order valence-corrected chi connectivity index (χ2v) is 5.33. The molecule has 0 saturated carbocycles. The van der Waals surface area contributed by atoms with Gasteiger partial charge in [0, 0.05) is 18.6 Å². The Morgan fingerprint density at radius 3 is 3.10 bits per heavy atom. The lowest BCUT2D eigenvalue weighted by molar-refractivity contribution is 0.0770. The molecule has 20 heavy (non-hydrogen) atoms. The summed E-state index contributed by atoms with van der Waals surface area (Å²) < 4.78 is 10.6. The Bertz CT molecular complexity index is 537. The summed E-state index contributed by atoms with van der Waals surface area (Å²) in [6.45, 7) is 3.55. The van der Waals surface area contributed by atoms with Gasteiger partial charge in [0.15, 0.2) is 5.76 Å². The smallest absolute Gasteiger partial charge is 0.241 e. The Morgan fingerprint density at radius 1 is 1.45 bits per heavy atom. The van der Waals surface area contributed by atoms with E-state index in [2.05, 4.69) is 22.0 Å². The van der Waals surface area contributed by atoms with Crippen LogP contribution in [0.3, 0.4) is 0 Å². The summed E-state index contributed by atoms with van der Waals surface area (Å²) in [5.74, 6) is 1.74. The number of hydrogen-bond donors (Lipinski definition) is 1. The molecule has 108 valence electrons. The van der Waals surface area contributed by atoms with Crippen molar-refractivity contribution in [2.75, 3.05) is 6.54 Å². The van der Waals surface area contributed by atoms with Crippen LogP contribution in [0.25, 0.3) is 11.6 Å². The molecule has 2 aromatic rings. The predicted octanol–water partition coefficient (Wildman–Crippen LogP) is 2.03. The lowest BCUT2D eigenvalue weighted by atomic mass is 9.96. The van der Waals surface area contributed by atoms with Gasteiger partial charge in [-0.25, -0.2) is 0 Å². The molecule has 6 heteroatoms. The highest BCUT2D eigenvalue weighted by molar-refractivity contribution is 5.44. The highest BCUT2D eigenvalue weighted by Gasteiger charge is 2.28. The maximum atomic E-state index is 5.87. The molecule has 0 aromatic carbocycles. The van der Waals surface area contributed by atoms with Crippen molar-refractivity contribution >= 4 is 0 Å². The van der Waals surface area contributed by atoms with Gasteiger partial charge in [0.05, 0.1) is 12.8 Å². The standard InChI is InChI=1S/C14H20N4O2/c1-10-4-2-5-11(8-15)18(10)9-13-16-14(17-20-13)12-6-3-7-19-12/h3,6-7,10-11H,2,4-5,8-9,15H2,1H3. The topological polar surface area (TPSA) is 81.3 Å². The van der Waals surface area contributed by atoms with Crippen molar-refractivity contribution in [1.29, 1.82) is 0 Å². The maximum absolute atomic E-state index is 5.87. The number of rotatable bonds is 4. The monoisotopic (exact) mass is 276 g/mol. The van der Waals surface area contributed by atoms with Gasteiger partial charge < -0.3 is 14.7 Å². The third-order valence-corrected chi connectivity index (χ3v) is 3.99. The van der Waals surface area contributed by atoms with Crippen LogP contribution >= 0.6 is 0 Å². The van der Waals surface area contributed by atoms with Crippen LogP contribution in [-0.4, -0.2) is 33.7 Å². The van der Waals surface area contributed by atoms with E-state index in [1.165, 1.54) is 12.8 Å². The van der Waals surface area contributed by atoms with E-state index in [0.29, 0.717) is 42.6 Å². The number of nitrogens with two attached hydrogens (primary N) is 1. The Kier molecular flexibility index (Phi) is 3.84. The number of piperidine rings is 1. The molecule has 0 bridgehead atoms. The number of aromatic nitrogens is 2. The quantitative estimate of drug-likeness (QED) is 0.920. The minimum absolute atomic E-state index is 0.401. The molecular formula is C14H20N4O2. The predicted molar refractivity (Wildman–Crippen MR) is 73.7 cm³/mol. The fourth-order valence-corrected chi connectivity index (χ4v) is 2.86. The number of furan rings is 1. The van der Waals surface area contributed by atoms with Gasteiger partial charge in [0.25, 0.3) is 0 Å². The van der Waals surface area contributed by atoms with Crippen molar-refractivity contribution in [3.8, 4) is 11.6 Å². The number of hydrogen-bond acceptors (Lipinski definition) is 6. The van der Waals surface area contributed by atoms with Crippen LogP contribution in [-0.2, 0) is 6.54 Å². The van der Waals surface area contributed by atoms with Gasteiger partial charge in [-0.15, -0.1) is 0 Å². The van der Waals surface area contributed by atoms with E-state index >= 15 is 0 Å². The summed E-state index contributed by atoms with van der Waals surface area (Å²) in [6, 6.07) is 4.53. The fraction of sp³-hybridized carbons (Fsp3) is 0.571. The second kappa shape index (κ2) is 5.76. The first-order valence-corrected chi connectivity index (χ1v) is 7.10. The Labute approximate surface area is 117 Å².